The normalized spacial score (nSPS) is 17.0. The maximum atomic E-state index is 15.4. The summed E-state index contributed by atoms with van der Waals surface area (Å²) in [5, 5.41) is 2.09. The molecule has 1 aliphatic heterocycles. The van der Waals surface area contributed by atoms with E-state index in [1.807, 2.05) is 6.08 Å². The summed E-state index contributed by atoms with van der Waals surface area (Å²) in [4.78, 5) is 7.07. The summed E-state index contributed by atoms with van der Waals surface area (Å²) in [7, 11) is 7.23. The number of piperidine rings is 1. The molecule has 0 amide bonds. The second-order valence-electron chi connectivity index (χ2n) is 7.88. The largest absolute Gasteiger partial charge is 0.496 e. The fourth-order valence-electron chi connectivity index (χ4n) is 3.94. The Hall–Kier alpha value is -2.08. The molecule has 3 rings (SSSR count). The Bertz CT molecular complexity index is 1080. The molecule has 1 saturated heterocycles. The Morgan fingerprint density at radius 1 is 1.22 bits per heavy atom. The highest BCUT2D eigenvalue weighted by atomic mass is 35.5. The van der Waals surface area contributed by atoms with Crippen LogP contribution in [0.1, 0.15) is 19.8 Å². The van der Waals surface area contributed by atoms with Gasteiger partial charge in [0.25, 0.3) is 0 Å². The average Bonchev–Trinajstić information content (AvgIpc) is 2.80. The SMILES string of the molecule is COc1cc(OC)c(P)c(-c2cc(=C/N)/c(=C\CCl)c(N3CCC(C)(OC)CC3)n2)c1F. The number of nitrogens with two attached hydrogens (primary N) is 1. The van der Waals surface area contributed by atoms with E-state index in [0.29, 0.717) is 28.4 Å². The van der Waals surface area contributed by atoms with Gasteiger partial charge in [-0.05, 0) is 25.8 Å². The van der Waals surface area contributed by atoms with Gasteiger partial charge in [0, 0.05) is 54.1 Å². The van der Waals surface area contributed by atoms with Gasteiger partial charge in [0.05, 0.1) is 31.1 Å². The number of ether oxygens (including phenoxy) is 3. The van der Waals surface area contributed by atoms with E-state index in [9.17, 15) is 0 Å². The number of rotatable bonds is 6. The van der Waals surface area contributed by atoms with E-state index >= 15 is 4.39 Å². The molecule has 9 heteroatoms. The van der Waals surface area contributed by atoms with Crippen LogP contribution in [-0.4, -0.2) is 50.9 Å². The highest BCUT2D eigenvalue weighted by Gasteiger charge is 2.31. The minimum atomic E-state index is -0.514. The number of hydrogen-bond donors (Lipinski definition) is 1. The summed E-state index contributed by atoms with van der Waals surface area (Å²) < 4.78 is 31.7. The molecule has 0 bridgehead atoms. The minimum absolute atomic E-state index is 0.0786. The molecule has 0 aliphatic carbocycles. The maximum absolute atomic E-state index is 15.4. The van der Waals surface area contributed by atoms with Crippen molar-refractivity contribution in [2.75, 3.05) is 45.2 Å². The van der Waals surface area contributed by atoms with Gasteiger partial charge in [0.15, 0.2) is 11.6 Å². The molecule has 2 heterocycles. The van der Waals surface area contributed by atoms with Crippen LogP contribution in [0.2, 0.25) is 0 Å². The van der Waals surface area contributed by atoms with Crippen LogP contribution in [0, 0.1) is 5.82 Å². The quantitative estimate of drug-likeness (QED) is 0.503. The smallest absolute Gasteiger partial charge is 0.175 e. The van der Waals surface area contributed by atoms with E-state index < -0.39 is 5.82 Å². The van der Waals surface area contributed by atoms with Crippen molar-refractivity contribution in [3.63, 3.8) is 0 Å². The molecule has 6 nitrogen and oxygen atoms in total. The van der Waals surface area contributed by atoms with Crippen molar-refractivity contribution >= 4 is 44.2 Å². The first-order valence-electron chi connectivity index (χ1n) is 10.3. The highest BCUT2D eigenvalue weighted by Crippen LogP contribution is 2.33. The molecule has 2 N–H and O–H groups in total. The third kappa shape index (κ3) is 4.66. The predicted molar refractivity (Wildman–Crippen MR) is 132 cm³/mol. The summed E-state index contributed by atoms with van der Waals surface area (Å²) in [6, 6.07) is 3.28. The molecular weight excluding hydrogens is 452 g/mol. The Balaban J connectivity index is 2.26. The third-order valence-electron chi connectivity index (χ3n) is 6.07. The van der Waals surface area contributed by atoms with Gasteiger partial charge in [0.2, 0.25) is 0 Å². The van der Waals surface area contributed by atoms with Gasteiger partial charge in [-0.25, -0.2) is 9.37 Å². The Morgan fingerprint density at radius 3 is 2.41 bits per heavy atom. The third-order valence-corrected chi connectivity index (χ3v) is 6.80. The number of benzene rings is 1. The number of nitrogens with zero attached hydrogens (tertiary/aromatic N) is 2. The molecule has 1 fully saturated rings. The molecule has 1 aromatic carbocycles. The maximum Gasteiger partial charge on any atom is 0.175 e. The first kappa shape index (κ1) is 24.6. The summed E-state index contributed by atoms with van der Waals surface area (Å²) in [6.07, 6.45) is 5.05. The lowest BCUT2D eigenvalue weighted by molar-refractivity contribution is -0.0133. The first-order valence-corrected chi connectivity index (χ1v) is 11.4. The van der Waals surface area contributed by atoms with Gasteiger partial charge in [0.1, 0.15) is 11.6 Å². The van der Waals surface area contributed by atoms with E-state index in [1.54, 1.807) is 13.2 Å². The van der Waals surface area contributed by atoms with Gasteiger partial charge in [-0.3, -0.25) is 0 Å². The van der Waals surface area contributed by atoms with Gasteiger partial charge >= 0.3 is 0 Å². The Morgan fingerprint density at radius 2 is 1.88 bits per heavy atom. The second-order valence-corrected chi connectivity index (χ2v) is 8.77. The summed E-state index contributed by atoms with van der Waals surface area (Å²) in [6.45, 7) is 3.59. The summed E-state index contributed by atoms with van der Waals surface area (Å²) in [5.74, 6) is 1.06. The van der Waals surface area contributed by atoms with Crippen molar-refractivity contribution in [3.05, 3.63) is 28.4 Å². The number of pyridine rings is 1. The number of aromatic nitrogens is 1. The van der Waals surface area contributed by atoms with Crippen LogP contribution in [0.4, 0.5) is 10.2 Å². The van der Waals surface area contributed by atoms with Crippen LogP contribution < -0.4 is 35.8 Å². The minimum Gasteiger partial charge on any atom is -0.496 e. The van der Waals surface area contributed by atoms with Crippen LogP contribution in [-0.2, 0) is 4.74 Å². The van der Waals surface area contributed by atoms with Crippen molar-refractivity contribution in [1.82, 2.24) is 4.98 Å². The van der Waals surface area contributed by atoms with Gasteiger partial charge in [-0.1, -0.05) is 6.08 Å². The van der Waals surface area contributed by atoms with Crippen molar-refractivity contribution in [2.45, 2.75) is 25.4 Å². The fraction of sp³-hybridized carbons (Fsp3) is 0.435. The van der Waals surface area contributed by atoms with Crippen LogP contribution >= 0.6 is 20.8 Å². The molecule has 0 radical (unpaired) electrons. The molecule has 1 unspecified atom stereocenters. The van der Waals surface area contributed by atoms with Gasteiger partial charge in [-0.15, -0.1) is 20.8 Å². The van der Waals surface area contributed by atoms with Crippen LogP contribution in [0.3, 0.4) is 0 Å². The lowest BCUT2D eigenvalue weighted by Crippen LogP contribution is -2.47. The zero-order chi connectivity index (χ0) is 23.5. The van der Waals surface area contributed by atoms with Crippen LogP contribution in [0.25, 0.3) is 23.5 Å². The highest BCUT2D eigenvalue weighted by molar-refractivity contribution is 7.28. The number of anilines is 1. The number of hydrogen-bond acceptors (Lipinski definition) is 6. The fourth-order valence-corrected chi connectivity index (χ4v) is 4.57. The monoisotopic (exact) mass is 481 g/mol. The number of alkyl halides is 1. The van der Waals surface area contributed by atoms with Gasteiger partial charge < -0.3 is 24.8 Å². The molecular formula is C23H30ClFN3O3P. The molecule has 174 valence electrons. The van der Waals surface area contributed by atoms with E-state index in [1.165, 1.54) is 26.5 Å². The van der Waals surface area contributed by atoms with Crippen molar-refractivity contribution in [1.29, 1.82) is 0 Å². The molecule has 1 aromatic heterocycles. The molecule has 0 saturated carbocycles. The zero-order valence-corrected chi connectivity index (χ0v) is 20.8. The topological polar surface area (TPSA) is 69.8 Å². The Kier molecular flexibility index (Phi) is 7.86. The predicted octanol–water partition coefficient (Wildman–Crippen LogP) is 2.13. The lowest BCUT2D eigenvalue weighted by Gasteiger charge is -2.39. The van der Waals surface area contributed by atoms with Crippen LogP contribution in [0.5, 0.6) is 11.5 Å². The van der Waals surface area contributed by atoms with Crippen molar-refractivity contribution in [3.8, 4) is 22.8 Å². The summed E-state index contributed by atoms with van der Waals surface area (Å²) >= 11 is 6.06. The summed E-state index contributed by atoms with van der Waals surface area (Å²) in [5.41, 5.74) is 6.52. The molecule has 32 heavy (non-hydrogen) atoms. The molecule has 1 aliphatic rings. The average molecular weight is 482 g/mol. The molecule has 0 spiro atoms. The lowest BCUT2D eigenvalue weighted by atomic mass is 9.93. The number of halogens is 2. The van der Waals surface area contributed by atoms with Crippen molar-refractivity contribution < 1.29 is 18.6 Å². The second kappa shape index (κ2) is 10.2. The standard InChI is InChI=1S/C23H30ClFN3O3P/c1-23(31-4)6-9-28(10-7-23)22-15(5-8-24)14(13-26)11-16(27-22)19-20(25)17(29-2)12-18(30-3)21(19)32/h5,11-13H,6-10,26,32H2,1-4H3/b14-13-,15-5+. The van der Waals surface area contributed by atoms with Crippen LogP contribution in [0.15, 0.2) is 12.1 Å². The van der Waals surface area contributed by atoms with E-state index in [-0.39, 0.29) is 16.9 Å². The molecule has 2 aromatic rings. The van der Waals surface area contributed by atoms with E-state index in [2.05, 4.69) is 21.1 Å². The van der Waals surface area contributed by atoms with E-state index in [0.717, 1.165) is 36.4 Å². The van der Waals surface area contributed by atoms with Crippen molar-refractivity contribution in [2.24, 2.45) is 5.73 Å². The molecule has 1 atom stereocenters. The first-order chi connectivity index (χ1) is 15.3. The van der Waals surface area contributed by atoms with Gasteiger partial charge in [-0.2, -0.15) is 0 Å². The zero-order valence-electron chi connectivity index (χ0n) is 18.9. The number of methoxy groups -OCH3 is 3. The van der Waals surface area contributed by atoms with E-state index in [4.69, 9.17) is 36.5 Å². The Labute approximate surface area is 195 Å².